The van der Waals surface area contributed by atoms with Crippen LogP contribution in [0.15, 0.2) is 46.9 Å². The fraction of sp³-hybridized carbons (Fsp3) is 0.0714. The quantitative estimate of drug-likeness (QED) is 0.853. The second-order valence-corrected chi connectivity index (χ2v) is 4.84. The predicted octanol–water partition coefficient (Wildman–Crippen LogP) is 3.29. The number of methoxy groups -OCH3 is 1. The minimum atomic E-state index is -0.238. The summed E-state index contributed by atoms with van der Waals surface area (Å²) < 4.78 is 5.94. The average Bonchev–Trinajstić information content (AvgIpc) is 2.38. The first-order valence-corrected chi connectivity index (χ1v) is 6.40. The fourth-order valence-corrected chi connectivity index (χ4v) is 2.20. The van der Waals surface area contributed by atoms with E-state index in [1.165, 1.54) is 0 Å². The Labute approximate surface area is 119 Å². The summed E-state index contributed by atoms with van der Waals surface area (Å²) in [6, 6.07) is 12.3. The Kier molecular flexibility index (Phi) is 4.06. The number of para-hydroxylation sites is 2. The molecule has 4 nitrogen and oxygen atoms in total. The van der Waals surface area contributed by atoms with Gasteiger partial charge in [-0.1, -0.05) is 28.1 Å². The van der Waals surface area contributed by atoms with E-state index in [-0.39, 0.29) is 5.91 Å². The Morgan fingerprint density at radius 3 is 2.68 bits per heavy atom. The van der Waals surface area contributed by atoms with Gasteiger partial charge in [-0.05, 0) is 30.3 Å². The third-order valence-corrected chi connectivity index (χ3v) is 3.00. The van der Waals surface area contributed by atoms with Gasteiger partial charge in [0.05, 0.1) is 12.8 Å². The molecule has 0 spiro atoms. The van der Waals surface area contributed by atoms with E-state index in [0.29, 0.717) is 22.7 Å². The van der Waals surface area contributed by atoms with Crippen molar-refractivity contribution in [2.45, 2.75) is 0 Å². The van der Waals surface area contributed by atoms with E-state index >= 15 is 0 Å². The van der Waals surface area contributed by atoms with Crippen LogP contribution in [0.2, 0.25) is 0 Å². The number of nitrogens with two attached hydrogens (primary N) is 1. The third-order valence-electron chi connectivity index (χ3n) is 2.54. The van der Waals surface area contributed by atoms with E-state index in [0.717, 1.165) is 4.47 Å². The van der Waals surface area contributed by atoms with Gasteiger partial charge in [-0.15, -0.1) is 0 Å². The lowest BCUT2D eigenvalue weighted by Gasteiger charge is -2.10. The van der Waals surface area contributed by atoms with Crippen molar-refractivity contribution in [2.75, 3.05) is 18.2 Å². The molecule has 0 bridgehead atoms. The molecule has 0 heterocycles. The molecule has 2 aromatic carbocycles. The van der Waals surface area contributed by atoms with Gasteiger partial charge in [0.2, 0.25) is 0 Å². The van der Waals surface area contributed by atoms with Crippen LogP contribution in [0, 0.1) is 0 Å². The number of nitrogens with one attached hydrogen (secondary N) is 1. The van der Waals surface area contributed by atoms with Crippen molar-refractivity contribution in [3.8, 4) is 5.75 Å². The molecule has 2 rings (SSSR count). The maximum Gasteiger partial charge on any atom is 0.255 e. The van der Waals surface area contributed by atoms with Crippen LogP contribution in [0.5, 0.6) is 5.75 Å². The van der Waals surface area contributed by atoms with Crippen LogP contribution in [0.25, 0.3) is 0 Å². The third kappa shape index (κ3) is 3.26. The molecule has 5 heteroatoms. The number of anilines is 2. The Bertz CT molecular complexity index is 594. The molecule has 0 atom stereocenters. The molecule has 2 aromatic rings. The highest BCUT2D eigenvalue weighted by molar-refractivity contribution is 9.10. The van der Waals surface area contributed by atoms with E-state index < -0.39 is 0 Å². The van der Waals surface area contributed by atoms with E-state index in [1.807, 2.05) is 12.1 Å². The molecule has 98 valence electrons. The van der Waals surface area contributed by atoms with Crippen molar-refractivity contribution >= 4 is 33.2 Å². The maximum atomic E-state index is 12.1. The number of benzene rings is 2. The molecule has 0 aliphatic carbocycles. The molecule has 0 aliphatic heterocycles. The molecule has 19 heavy (non-hydrogen) atoms. The predicted molar refractivity (Wildman–Crippen MR) is 79.5 cm³/mol. The number of hydrogen-bond donors (Lipinski definition) is 2. The zero-order valence-electron chi connectivity index (χ0n) is 10.3. The van der Waals surface area contributed by atoms with Crippen molar-refractivity contribution in [1.82, 2.24) is 0 Å². The van der Waals surface area contributed by atoms with Gasteiger partial charge in [0, 0.05) is 15.7 Å². The number of rotatable bonds is 3. The normalized spacial score (nSPS) is 10.0. The van der Waals surface area contributed by atoms with Gasteiger partial charge in [-0.2, -0.15) is 0 Å². The van der Waals surface area contributed by atoms with Crippen LogP contribution in [-0.2, 0) is 0 Å². The smallest absolute Gasteiger partial charge is 0.255 e. The summed E-state index contributed by atoms with van der Waals surface area (Å²) in [6.07, 6.45) is 0. The van der Waals surface area contributed by atoms with Crippen LogP contribution in [0.3, 0.4) is 0 Å². The highest BCUT2D eigenvalue weighted by atomic mass is 79.9. The van der Waals surface area contributed by atoms with Gasteiger partial charge in [-0.25, -0.2) is 0 Å². The number of amides is 1. The first-order chi connectivity index (χ1) is 9.10. The van der Waals surface area contributed by atoms with E-state index in [9.17, 15) is 4.79 Å². The maximum absolute atomic E-state index is 12.1. The molecule has 3 N–H and O–H groups in total. The molecule has 0 fully saturated rings. The van der Waals surface area contributed by atoms with Crippen molar-refractivity contribution < 1.29 is 9.53 Å². The van der Waals surface area contributed by atoms with Gasteiger partial charge >= 0.3 is 0 Å². The highest BCUT2D eigenvalue weighted by Gasteiger charge is 2.10. The summed E-state index contributed by atoms with van der Waals surface area (Å²) in [5.41, 5.74) is 7.34. The van der Waals surface area contributed by atoms with Crippen LogP contribution in [0.1, 0.15) is 10.4 Å². The van der Waals surface area contributed by atoms with Crippen LogP contribution in [0.4, 0.5) is 11.4 Å². The molecule has 0 radical (unpaired) electrons. The van der Waals surface area contributed by atoms with Gasteiger partial charge < -0.3 is 15.8 Å². The van der Waals surface area contributed by atoms with Crippen molar-refractivity contribution in [2.24, 2.45) is 0 Å². The second-order valence-electron chi connectivity index (χ2n) is 3.93. The van der Waals surface area contributed by atoms with Gasteiger partial charge in [0.15, 0.2) is 0 Å². The first-order valence-electron chi connectivity index (χ1n) is 5.60. The Hall–Kier alpha value is -2.01. The zero-order chi connectivity index (χ0) is 13.8. The summed E-state index contributed by atoms with van der Waals surface area (Å²) in [4.78, 5) is 12.1. The average molecular weight is 321 g/mol. The number of halogens is 1. The van der Waals surface area contributed by atoms with Gasteiger partial charge in [-0.3, -0.25) is 4.79 Å². The Morgan fingerprint density at radius 1 is 1.26 bits per heavy atom. The number of carbonyl (C=O) groups excluding carboxylic acids is 1. The lowest BCUT2D eigenvalue weighted by Crippen LogP contribution is -2.13. The Balaban J connectivity index is 2.25. The number of carbonyl (C=O) groups is 1. The van der Waals surface area contributed by atoms with E-state index in [2.05, 4.69) is 21.2 Å². The largest absolute Gasteiger partial charge is 0.495 e. The molecule has 0 aromatic heterocycles. The molecule has 0 aliphatic rings. The van der Waals surface area contributed by atoms with Gasteiger partial charge in [0.1, 0.15) is 5.75 Å². The molecule has 1 amide bonds. The van der Waals surface area contributed by atoms with Crippen LogP contribution < -0.4 is 15.8 Å². The van der Waals surface area contributed by atoms with Gasteiger partial charge in [0.25, 0.3) is 5.91 Å². The van der Waals surface area contributed by atoms with E-state index in [1.54, 1.807) is 37.4 Å². The van der Waals surface area contributed by atoms with Crippen LogP contribution in [-0.4, -0.2) is 13.0 Å². The monoisotopic (exact) mass is 320 g/mol. The summed E-state index contributed by atoms with van der Waals surface area (Å²) in [6.45, 7) is 0. The molecule has 0 saturated heterocycles. The number of ether oxygens (including phenoxy) is 1. The molecular weight excluding hydrogens is 308 g/mol. The lowest BCUT2D eigenvalue weighted by molar-refractivity contribution is 0.102. The molecular formula is C14H13BrN2O2. The minimum absolute atomic E-state index is 0.238. The lowest BCUT2D eigenvalue weighted by atomic mass is 10.2. The van der Waals surface area contributed by atoms with Crippen molar-refractivity contribution in [1.29, 1.82) is 0 Å². The summed E-state index contributed by atoms with van der Waals surface area (Å²) in [5, 5.41) is 2.79. The fourth-order valence-electron chi connectivity index (χ4n) is 1.69. The van der Waals surface area contributed by atoms with Crippen LogP contribution >= 0.6 is 15.9 Å². The zero-order valence-corrected chi connectivity index (χ0v) is 11.9. The summed E-state index contributed by atoms with van der Waals surface area (Å²) in [5.74, 6) is 0.372. The van der Waals surface area contributed by atoms with Crippen molar-refractivity contribution in [3.05, 3.63) is 52.5 Å². The first kappa shape index (κ1) is 13.4. The topological polar surface area (TPSA) is 64.3 Å². The highest BCUT2D eigenvalue weighted by Crippen LogP contribution is 2.24. The number of hydrogen-bond acceptors (Lipinski definition) is 3. The molecule has 0 saturated carbocycles. The number of nitrogen functional groups attached to an aromatic ring is 1. The summed E-state index contributed by atoms with van der Waals surface area (Å²) >= 11 is 3.31. The minimum Gasteiger partial charge on any atom is -0.495 e. The Morgan fingerprint density at radius 2 is 2.00 bits per heavy atom. The summed E-state index contributed by atoms with van der Waals surface area (Å²) in [7, 11) is 1.56. The SMILES string of the molecule is COc1ccccc1NC(=O)c1cc(N)cc(Br)c1. The molecule has 0 unspecified atom stereocenters. The second kappa shape index (κ2) is 5.75. The van der Waals surface area contributed by atoms with E-state index in [4.69, 9.17) is 10.5 Å². The standard InChI is InChI=1S/C14H13BrN2O2/c1-19-13-5-3-2-4-12(13)17-14(18)9-6-10(15)8-11(16)7-9/h2-8H,16H2,1H3,(H,17,18). The van der Waals surface area contributed by atoms with Crippen molar-refractivity contribution in [3.63, 3.8) is 0 Å².